The first-order chi connectivity index (χ1) is 13.6. The molecule has 0 saturated carbocycles. The van der Waals surface area contributed by atoms with Crippen LogP contribution in [0.3, 0.4) is 0 Å². The van der Waals surface area contributed by atoms with Crippen molar-refractivity contribution in [2.45, 2.75) is 20.8 Å². The molecule has 29 heavy (non-hydrogen) atoms. The number of Topliss-reactive ketones (excluding diaryl/α,β-unsaturated/α-hetero) is 1. The lowest BCUT2D eigenvalue weighted by Crippen LogP contribution is -2.20. The van der Waals surface area contributed by atoms with E-state index in [4.69, 9.17) is 0 Å². The number of ketones is 1. The Morgan fingerprint density at radius 3 is 2.66 bits per heavy atom. The van der Waals surface area contributed by atoms with Crippen molar-refractivity contribution in [2.75, 3.05) is 19.4 Å². The van der Waals surface area contributed by atoms with Gasteiger partial charge in [-0.05, 0) is 23.8 Å². The van der Waals surface area contributed by atoms with Crippen molar-refractivity contribution in [3.8, 4) is 0 Å². The second-order valence-electron chi connectivity index (χ2n) is 8.05. The molecule has 3 rings (SSSR count). The third kappa shape index (κ3) is 4.68. The molecule has 0 atom stereocenters. The Balaban J connectivity index is 1.86. The van der Waals surface area contributed by atoms with E-state index < -0.39 is 5.41 Å². The number of hydrogen-bond acceptors (Lipinski definition) is 5. The number of benzene rings is 1. The summed E-state index contributed by atoms with van der Waals surface area (Å²) in [5, 5.41) is 3.21. The van der Waals surface area contributed by atoms with Gasteiger partial charge in [-0.3, -0.25) is 9.59 Å². The number of nitrogens with one attached hydrogen (secondary N) is 2. The molecule has 1 aromatic carbocycles. The minimum Gasteiger partial charge on any atom is -0.345 e. The van der Waals surface area contributed by atoms with Gasteiger partial charge in [0.1, 0.15) is 11.3 Å². The third-order valence-electron chi connectivity index (χ3n) is 4.32. The smallest absolute Gasteiger partial charge is 0.246 e. The molecule has 150 valence electrons. The number of aromatic amines is 1. The fourth-order valence-corrected chi connectivity index (χ4v) is 2.71. The molecular formula is C22H25N5O2. The van der Waals surface area contributed by atoms with E-state index in [1.54, 1.807) is 32.6 Å². The van der Waals surface area contributed by atoms with Crippen LogP contribution in [0.4, 0.5) is 11.5 Å². The summed E-state index contributed by atoms with van der Waals surface area (Å²) in [5.41, 5.74) is 2.82. The number of carbonyl (C=O) groups is 2. The Kier molecular flexibility index (Phi) is 5.50. The Hall–Kier alpha value is -3.48. The van der Waals surface area contributed by atoms with E-state index in [2.05, 4.69) is 20.3 Å². The summed E-state index contributed by atoms with van der Waals surface area (Å²) in [6.45, 7) is 5.64. The molecule has 0 fully saturated rings. The minimum atomic E-state index is -0.509. The van der Waals surface area contributed by atoms with Crippen LogP contribution in [0.5, 0.6) is 0 Å². The maximum absolute atomic E-state index is 12.7. The van der Waals surface area contributed by atoms with Crippen LogP contribution in [0.2, 0.25) is 0 Å². The minimum absolute atomic E-state index is 0.00731. The van der Waals surface area contributed by atoms with Crippen molar-refractivity contribution in [2.24, 2.45) is 5.41 Å². The molecule has 2 N–H and O–H groups in total. The van der Waals surface area contributed by atoms with Gasteiger partial charge in [-0.25, -0.2) is 9.97 Å². The summed E-state index contributed by atoms with van der Waals surface area (Å²) in [6, 6.07) is 7.60. The van der Waals surface area contributed by atoms with Gasteiger partial charge < -0.3 is 15.2 Å². The standard InChI is InChI=1S/C22H25N5O2/c1-22(2,3)20(29)16-12-23-21-19(16)26-17(13-24-21)25-15-8-6-7-14(11-15)9-10-18(28)27(4)5/h6-13H,1-5H3,(H,23,24)(H,25,26). The lowest BCUT2D eigenvalue weighted by Gasteiger charge is -2.15. The second kappa shape index (κ2) is 7.87. The molecular weight excluding hydrogens is 366 g/mol. The first-order valence-electron chi connectivity index (χ1n) is 9.30. The van der Waals surface area contributed by atoms with E-state index in [-0.39, 0.29) is 11.7 Å². The molecule has 3 aromatic rings. The maximum Gasteiger partial charge on any atom is 0.246 e. The van der Waals surface area contributed by atoms with Gasteiger partial charge in [0, 0.05) is 37.5 Å². The molecule has 0 aliphatic rings. The first kappa shape index (κ1) is 20.3. The predicted molar refractivity (Wildman–Crippen MR) is 115 cm³/mol. The van der Waals surface area contributed by atoms with Crippen molar-refractivity contribution < 1.29 is 9.59 Å². The van der Waals surface area contributed by atoms with Gasteiger partial charge in [0.2, 0.25) is 5.91 Å². The molecule has 0 bridgehead atoms. The third-order valence-corrected chi connectivity index (χ3v) is 4.32. The number of rotatable bonds is 5. The van der Waals surface area contributed by atoms with E-state index in [9.17, 15) is 9.59 Å². The number of nitrogens with zero attached hydrogens (tertiary/aromatic N) is 3. The van der Waals surface area contributed by atoms with Crippen molar-refractivity contribution in [3.05, 3.63) is 53.9 Å². The molecule has 0 spiro atoms. The van der Waals surface area contributed by atoms with E-state index in [0.717, 1.165) is 11.3 Å². The largest absolute Gasteiger partial charge is 0.345 e. The molecule has 1 amide bonds. The quantitative estimate of drug-likeness (QED) is 0.506. The Morgan fingerprint density at radius 1 is 1.21 bits per heavy atom. The number of H-pyrrole nitrogens is 1. The fourth-order valence-electron chi connectivity index (χ4n) is 2.71. The zero-order chi connectivity index (χ0) is 21.2. The highest BCUT2D eigenvalue weighted by molar-refractivity contribution is 6.08. The summed E-state index contributed by atoms with van der Waals surface area (Å²) >= 11 is 0. The number of hydrogen-bond donors (Lipinski definition) is 2. The summed E-state index contributed by atoms with van der Waals surface area (Å²) in [6.07, 6.45) is 6.56. The van der Waals surface area contributed by atoms with Crippen LogP contribution in [0.15, 0.2) is 42.7 Å². The summed E-state index contributed by atoms with van der Waals surface area (Å²) in [5.74, 6) is 0.460. The summed E-state index contributed by atoms with van der Waals surface area (Å²) < 4.78 is 0. The second-order valence-corrected chi connectivity index (χ2v) is 8.05. The summed E-state index contributed by atoms with van der Waals surface area (Å²) in [7, 11) is 3.41. The SMILES string of the molecule is CN(C)C(=O)C=Cc1cccc(Nc2cnc3[nH]cc(C(=O)C(C)(C)C)c3n2)c1. The average Bonchev–Trinajstić information content (AvgIpc) is 3.08. The van der Waals surface area contributed by atoms with Gasteiger partial charge >= 0.3 is 0 Å². The highest BCUT2D eigenvalue weighted by atomic mass is 16.2. The molecule has 0 radical (unpaired) electrons. The number of aromatic nitrogens is 3. The Morgan fingerprint density at radius 2 is 1.97 bits per heavy atom. The average molecular weight is 391 g/mol. The van der Waals surface area contributed by atoms with Crippen molar-refractivity contribution in [3.63, 3.8) is 0 Å². The number of fused-ring (bicyclic) bond motifs is 1. The normalized spacial score (nSPS) is 11.8. The number of likely N-dealkylation sites (N-methyl/N-ethyl adjacent to an activating group) is 1. The van der Waals surface area contributed by atoms with Crippen molar-refractivity contribution in [1.82, 2.24) is 19.9 Å². The van der Waals surface area contributed by atoms with Crippen LogP contribution >= 0.6 is 0 Å². The van der Waals surface area contributed by atoms with Gasteiger partial charge in [0.25, 0.3) is 0 Å². The fraction of sp³-hybridized carbons (Fsp3) is 0.273. The van der Waals surface area contributed by atoms with E-state index in [1.807, 2.05) is 45.0 Å². The summed E-state index contributed by atoms with van der Waals surface area (Å²) in [4.78, 5) is 37.9. The maximum atomic E-state index is 12.7. The zero-order valence-electron chi connectivity index (χ0n) is 17.3. The lowest BCUT2D eigenvalue weighted by molar-refractivity contribution is -0.123. The number of anilines is 2. The molecule has 2 heterocycles. The monoisotopic (exact) mass is 391 g/mol. The molecule has 0 saturated heterocycles. The highest BCUT2D eigenvalue weighted by Crippen LogP contribution is 2.26. The first-order valence-corrected chi connectivity index (χ1v) is 9.30. The van der Waals surface area contributed by atoms with Crippen molar-refractivity contribution in [1.29, 1.82) is 0 Å². The Bertz CT molecular complexity index is 1090. The molecule has 2 aromatic heterocycles. The molecule has 0 unspecified atom stereocenters. The van der Waals surface area contributed by atoms with E-state index in [1.165, 1.54) is 11.0 Å². The predicted octanol–water partition coefficient (Wildman–Crippen LogP) is 4.03. The van der Waals surface area contributed by atoms with Crippen LogP contribution in [0.1, 0.15) is 36.7 Å². The Labute approximate surface area is 169 Å². The number of amides is 1. The van der Waals surface area contributed by atoms with Crippen LogP contribution in [-0.2, 0) is 4.79 Å². The topological polar surface area (TPSA) is 91.0 Å². The van der Waals surface area contributed by atoms with Crippen LogP contribution in [0.25, 0.3) is 17.2 Å². The van der Waals surface area contributed by atoms with Crippen LogP contribution in [-0.4, -0.2) is 45.6 Å². The lowest BCUT2D eigenvalue weighted by atomic mass is 9.87. The van der Waals surface area contributed by atoms with E-state index >= 15 is 0 Å². The van der Waals surface area contributed by atoms with Crippen molar-refractivity contribution >= 4 is 40.4 Å². The highest BCUT2D eigenvalue weighted by Gasteiger charge is 2.26. The van der Waals surface area contributed by atoms with Gasteiger partial charge in [-0.2, -0.15) is 0 Å². The van der Waals surface area contributed by atoms with Crippen LogP contribution < -0.4 is 5.32 Å². The zero-order valence-corrected chi connectivity index (χ0v) is 17.3. The van der Waals surface area contributed by atoms with Crippen LogP contribution in [0, 0.1) is 5.41 Å². The van der Waals surface area contributed by atoms with Gasteiger partial charge in [-0.15, -0.1) is 0 Å². The molecule has 0 aliphatic heterocycles. The molecule has 7 nitrogen and oxygen atoms in total. The van der Waals surface area contributed by atoms with Gasteiger partial charge in [0.15, 0.2) is 11.4 Å². The molecule has 7 heteroatoms. The van der Waals surface area contributed by atoms with Gasteiger partial charge in [0.05, 0.1) is 11.8 Å². The van der Waals surface area contributed by atoms with E-state index in [0.29, 0.717) is 22.5 Å². The number of carbonyl (C=O) groups excluding carboxylic acids is 2. The molecule has 0 aliphatic carbocycles. The van der Waals surface area contributed by atoms with Gasteiger partial charge in [-0.1, -0.05) is 32.9 Å².